The first-order chi connectivity index (χ1) is 23.4. The average Bonchev–Trinajstić information content (AvgIpc) is 3.11. The fraction of sp³-hybridized carbons (Fsp3) is 0.500. The van der Waals surface area contributed by atoms with Crippen molar-refractivity contribution in [3.8, 4) is 0 Å². The van der Waals surface area contributed by atoms with Gasteiger partial charge in [-0.05, 0) is 59.1 Å². The molecule has 2 N–H and O–H groups in total. The van der Waals surface area contributed by atoms with Gasteiger partial charge in [0.15, 0.2) is 9.84 Å². The van der Waals surface area contributed by atoms with Gasteiger partial charge in [0.2, 0.25) is 5.91 Å². The SMILES string of the molecule is C=C(NCC(C)CCC(C)C)/C(=C\CCC)NC(=O)CCS(=O)(=O)c1ccc2ccccc2c1.CC1CCCCC1.SCc1ccccc1. The van der Waals surface area contributed by atoms with E-state index < -0.39 is 9.84 Å². The summed E-state index contributed by atoms with van der Waals surface area (Å²) in [6.07, 6.45) is 13.3. The molecule has 0 heterocycles. The van der Waals surface area contributed by atoms with E-state index in [1.54, 1.807) is 18.2 Å². The first-order valence-electron chi connectivity index (χ1n) is 18.2. The zero-order valence-electron chi connectivity index (χ0n) is 30.7. The molecule has 0 spiro atoms. The highest BCUT2D eigenvalue weighted by Gasteiger charge is 2.18. The maximum Gasteiger partial charge on any atom is 0.225 e. The number of thiol groups is 1. The lowest BCUT2D eigenvalue weighted by molar-refractivity contribution is -0.119. The highest BCUT2D eigenvalue weighted by Crippen LogP contribution is 2.22. The van der Waals surface area contributed by atoms with Gasteiger partial charge in [0.1, 0.15) is 0 Å². The molecule has 0 aliphatic heterocycles. The Morgan fingerprint density at radius 1 is 0.939 bits per heavy atom. The molecule has 1 aliphatic carbocycles. The van der Waals surface area contributed by atoms with Gasteiger partial charge in [-0.15, -0.1) is 0 Å². The molecule has 0 bridgehead atoms. The smallest absolute Gasteiger partial charge is 0.225 e. The number of sulfone groups is 1. The molecule has 5 nitrogen and oxygen atoms in total. The van der Waals surface area contributed by atoms with Gasteiger partial charge in [-0.3, -0.25) is 4.79 Å². The van der Waals surface area contributed by atoms with E-state index >= 15 is 0 Å². The maximum absolute atomic E-state index is 12.8. The van der Waals surface area contributed by atoms with Crippen LogP contribution in [-0.2, 0) is 20.4 Å². The number of benzene rings is 3. The molecule has 1 unspecified atom stereocenters. The first-order valence-corrected chi connectivity index (χ1v) is 20.5. The average molecular weight is 707 g/mol. The third-order valence-electron chi connectivity index (χ3n) is 8.73. The fourth-order valence-corrected chi connectivity index (χ4v) is 6.94. The largest absolute Gasteiger partial charge is 0.384 e. The first kappa shape index (κ1) is 42.1. The summed E-state index contributed by atoms with van der Waals surface area (Å²) in [4.78, 5) is 12.9. The van der Waals surface area contributed by atoms with Crippen LogP contribution in [0.4, 0.5) is 0 Å². The Labute approximate surface area is 303 Å². The van der Waals surface area contributed by atoms with Gasteiger partial charge in [0.05, 0.1) is 22.0 Å². The Balaban J connectivity index is 0.000000449. The van der Waals surface area contributed by atoms with E-state index in [0.29, 0.717) is 23.2 Å². The Morgan fingerprint density at radius 2 is 1.59 bits per heavy atom. The van der Waals surface area contributed by atoms with Crippen LogP contribution in [0.1, 0.15) is 104 Å². The van der Waals surface area contributed by atoms with Crippen molar-refractivity contribution >= 4 is 39.1 Å². The van der Waals surface area contributed by atoms with Gasteiger partial charge in [-0.2, -0.15) is 12.6 Å². The van der Waals surface area contributed by atoms with E-state index in [0.717, 1.165) is 48.3 Å². The van der Waals surface area contributed by atoms with Gasteiger partial charge in [-0.1, -0.05) is 153 Å². The molecule has 1 aliphatic rings. The van der Waals surface area contributed by atoms with E-state index in [-0.39, 0.29) is 23.0 Å². The van der Waals surface area contributed by atoms with Crippen molar-refractivity contribution in [3.63, 3.8) is 0 Å². The number of amides is 1. The molecule has 0 radical (unpaired) electrons. The Bertz CT molecular complexity index is 1530. The van der Waals surface area contributed by atoms with Crippen LogP contribution in [0, 0.1) is 17.8 Å². The fourth-order valence-electron chi connectivity index (χ4n) is 5.46. The van der Waals surface area contributed by atoms with Crippen LogP contribution >= 0.6 is 12.6 Å². The van der Waals surface area contributed by atoms with Crippen molar-refractivity contribution in [1.82, 2.24) is 10.6 Å². The third kappa shape index (κ3) is 17.5. The molecule has 270 valence electrons. The number of hydrogen-bond donors (Lipinski definition) is 3. The Morgan fingerprint density at radius 3 is 2.16 bits per heavy atom. The minimum absolute atomic E-state index is 0.114. The van der Waals surface area contributed by atoms with Gasteiger partial charge in [-0.25, -0.2) is 8.42 Å². The summed E-state index contributed by atoms with van der Waals surface area (Å²) in [5, 5.41) is 8.06. The quantitative estimate of drug-likeness (QED) is 0.109. The van der Waals surface area contributed by atoms with Crippen molar-refractivity contribution in [1.29, 1.82) is 0 Å². The van der Waals surface area contributed by atoms with Crippen molar-refractivity contribution < 1.29 is 13.2 Å². The minimum atomic E-state index is -3.57. The minimum Gasteiger partial charge on any atom is -0.384 e. The monoisotopic (exact) mass is 706 g/mol. The lowest BCUT2D eigenvalue weighted by atomic mass is 9.91. The predicted molar refractivity (Wildman–Crippen MR) is 214 cm³/mol. The van der Waals surface area contributed by atoms with Crippen molar-refractivity contribution in [2.75, 3.05) is 12.3 Å². The van der Waals surface area contributed by atoms with Crippen molar-refractivity contribution in [2.45, 2.75) is 109 Å². The van der Waals surface area contributed by atoms with Crippen molar-refractivity contribution in [3.05, 3.63) is 102 Å². The molecule has 1 fully saturated rings. The standard InChI is InChI=1S/C28H40N2O3S.C7H8S.C7H14/c1-6-7-12-27(23(5)29-20-22(4)14-13-21(2)3)30-28(31)17-18-34(32,33)26-16-15-24-10-8-9-11-25(24)19-26;8-6-7-4-2-1-3-5-7;1-7-5-3-2-4-6-7/h8-12,15-16,19,21-22,29H,5-7,13-14,17-18,20H2,1-4H3,(H,30,31);1-5,8H,6H2;7H,2-6H2,1H3/b27-12+;;. The number of rotatable bonds is 15. The zero-order valence-corrected chi connectivity index (χ0v) is 32.4. The molecule has 1 saturated carbocycles. The number of carbonyl (C=O) groups is 1. The topological polar surface area (TPSA) is 75.3 Å². The summed E-state index contributed by atoms with van der Waals surface area (Å²) in [6, 6.07) is 22.9. The van der Waals surface area contributed by atoms with Crippen LogP contribution in [-0.4, -0.2) is 26.6 Å². The number of nitrogens with one attached hydrogen (secondary N) is 2. The van der Waals surface area contributed by atoms with Gasteiger partial charge < -0.3 is 10.6 Å². The van der Waals surface area contributed by atoms with E-state index in [2.05, 4.69) is 76.6 Å². The molecule has 3 aromatic rings. The number of hydrogen-bond acceptors (Lipinski definition) is 5. The summed E-state index contributed by atoms with van der Waals surface area (Å²) in [5.41, 5.74) is 2.57. The summed E-state index contributed by atoms with van der Waals surface area (Å²) in [5.74, 6) is 2.46. The molecule has 7 heteroatoms. The van der Waals surface area contributed by atoms with Gasteiger partial charge >= 0.3 is 0 Å². The molecule has 0 saturated heterocycles. The summed E-state index contributed by atoms with van der Waals surface area (Å²) in [6.45, 7) is 16.0. The lowest BCUT2D eigenvalue weighted by Gasteiger charge is -2.19. The summed E-state index contributed by atoms with van der Waals surface area (Å²) < 4.78 is 25.7. The second-order valence-corrected chi connectivity index (χ2v) is 16.3. The van der Waals surface area contributed by atoms with E-state index in [1.165, 1.54) is 44.1 Å². The highest BCUT2D eigenvalue weighted by molar-refractivity contribution is 7.91. The van der Waals surface area contributed by atoms with E-state index in [1.807, 2.05) is 48.5 Å². The number of carbonyl (C=O) groups excluding carboxylic acids is 1. The van der Waals surface area contributed by atoms with Crippen LogP contribution in [0.5, 0.6) is 0 Å². The molecular formula is C42H62N2O3S2. The highest BCUT2D eigenvalue weighted by atomic mass is 32.2. The van der Waals surface area contributed by atoms with Gasteiger partial charge in [0.25, 0.3) is 0 Å². The van der Waals surface area contributed by atoms with Crippen LogP contribution in [0.25, 0.3) is 10.8 Å². The van der Waals surface area contributed by atoms with Crippen LogP contribution in [0.3, 0.4) is 0 Å². The van der Waals surface area contributed by atoms with Crippen molar-refractivity contribution in [2.24, 2.45) is 17.8 Å². The van der Waals surface area contributed by atoms with E-state index in [4.69, 9.17) is 0 Å². The van der Waals surface area contributed by atoms with E-state index in [9.17, 15) is 13.2 Å². The molecule has 4 rings (SSSR count). The Kier molecular flexibility index (Phi) is 20.1. The predicted octanol–water partition coefficient (Wildman–Crippen LogP) is 10.7. The zero-order chi connectivity index (χ0) is 36.1. The lowest BCUT2D eigenvalue weighted by Crippen LogP contribution is -2.31. The molecule has 0 aromatic heterocycles. The molecular weight excluding hydrogens is 645 g/mol. The Hall–Kier alpha value is -3.03. The van der Waals surface area contributed by atoms with Crippen LogP contribution in [0.2, 0.25) is 0 Å². The van der Waals surface area contributed by atoms with Crippen LogP contribution < -0.4 is 10.6 Å². The van der Waals surface area contributed by atoms with Crippen LogP contribution in [0.15, 0.2) is 102 Å². The second kappa shape index (κ2) is 23.4. The molecule has 1 atom stereocenters. The summed E-state index contributed by atoms with van der Waals surface area (Å²) in [7, 11) is -3.57. The number of fused-ring (bicyclic) bond motifs is 1. The molecule has 49 heavy (non-hydrogen) atoms. The normalized spacial score (nSPS) is 14.2. The molecule has 3 aromatic carbocycles. The summed E-state index contributed by atoms with van der Waals surface area (Å²) >= 11 is 4.11. The number of allylic oxidation sites excluding steroid dienone is 1. The second-order valence-electron chi connectivity index (χ2n) is 13.9. The maximum atomic E-state index is 12.8. The third-order valence-corrected chi connectivity index (χ3v) is 10.8. The number of unbranched alkanes of at least 4 members (excludes halogenated alkanes) is 1. The molecule has 1 amide bonds. The van der Waals surface area contributed by atoms with Gasteiger partial charge in [0, 0.05) is 18.7 Å².